The molecule has 0 heterocycles. The molecule has 20 heavy (non-hydrogen) atoms. The van der Waals surface area contributed by atoms with Gasteiger partial charge in [0.15, 0.2) is 0 Å². The van der Waals surface area contributed by atoms with Gasteiger partial charge in [0.2, 0.25) is 5.91 Å². The molecular formula is C15H22ClN3O. The number of anilines is 2. The number of hydrogen-bond donors (Lipinski definition) is 2. The maximum Gasteiger partial charge on any atom is 0.226 e. The van der Waals surface area contributed by atoms with Crippen molar-refractivity contribution in [3.63, 3.8) is 0 Å². The third-order valence-corrected chi connectivity index (χ3v) is 4.13. The highest BCUT2D eigenvalue weighted by atomic mass is 35.5. The molecule has 4 nitrogen and oxygen atoms in total. The van der Waals surface area contributed by atoms with Crippen LogP contribution in [-0.2, 0) is 4.79 Å². The Morgan fingerprint density at radius 3 is 2.65 bits per heavy atom. The average molecular weight is 296 g/mol. The lowest BCUT2D eigenvalue weighted by molar-refractivity contribution is -0.117. The number of nitrogens with one attached hydrogen (secondary N) is 1. The zero-order valence-corrected chi connectivity index (χ0v) is 12.8. The lowest BCUT2D eigenvalue weighted by Crippen LogP contribution is -2.40. The summed E-state index contributed by atoms with van der Waals surface area (Å²) in [5, 5.41) is 3.56. The summed E-state index contributed by atoms with van der Waals surface area (Å²) in [7, 11) is 3.80. The molecule has 1 fully saturated rings. The predicted molar refractivity (Wildman–Crippen MR) is 84.4 cm³/mol. The van der Waals surface area contributed by atoms with Crippen LogP contribution in [0.5, 0.6) is 0 Å². The Balaban J connectivity index is 2.10. The molecule has 0 spiro atoms. The van der Waals surface area contributed by atoms with E-state index in [1.807, 2.05) is 37.2 Å². The molecule has 1 aliphatic rings. The maximum atomic E-state index is 12.2. The van der Waals surface area contributed by atoms with E-state index in [1.165, 1.54) is 0 Å². The number of nitrogens with two attached hydrogens (primary N) is 1. The molecule has 0 atom stereocenters. The summed E-state index contributed by atoms with van der Waals surface area (Å²) in [6.07, 6.45) is 4.45. The number of carbonyl (C=O) groups is 1. The lowest BCUT2D eigenvalue weighted by atomic mass is 9.94. The molecule has 2 rings (SSSR count). The molecule has 0 radical (unpaired) electrons. The van der Waals surface area contributed by atoms with E-state index in [4.69, 9.17) is 17.3 Å². The van der Waals surface area contributed by atoms with Crippen molar-refractivity contribution in [1.29, 1.82) is 0 Å². The number of halogens is 1. The van der Waals surface area contributed by atoms with Crippen molar-refractivity contribution in [2.75, 3.05) is 24.3 Å². The van der Waals surface area contributed by atoms with Crippen LogP contribution in [0.4, 0.5) is 11.4 Å². The fourth-order valence-corrected chi connectivity index (χ4v) is 3.18. The molecule has 1 aromatic carbocycles. The normalized spacial score (nSPS) is 17.0. The molecule has 0 aromatic heterocycles. The number of benzene rings is 1. The monoisotopic (exact) mass is 295 g/mol. The third-order valence-electron chi connectivity index (χ3n) is 3.82. The number of hydrogen-bond acceptors (Lipinski definition) is 3. The van der Waals surface area contributed by atoms with Gasteiger partial charge in [0.05, 0.1) is 16.4 Å². The van der Waals surface area contributed by atoms with Crippen LogP contribution in [0.3, 0.4) is 0 Å². The number of nitrogens with zero attached hydrogens (tertiary/aromatic N) is 1. The predicted octanol–water partition coefficient (Wildman–Crippen LogP) is 3.01. The molecule has 110 valence electrons. The molecule has 0 bridgehead atoms. The van der Waals surface area contributed by atoms with E-state index in [2.05, 4.69) is 5.32 Å². The van der Waals surface area contributed by atoms with Crippen molar-refractivity contribution in [1.82, 2.24) is 0 Å². The van der Waals surface area contributed by atoms with Crippen LogP contribution in [-0.4, -0.2) is 25.5 Å². The Morgan fingerprint density at radius 2 is 2.05 bits per heavy atom. The summed E-state index contributed by atoms with van der Waals surface area (Å²) >= 11 is 6.19. The lowest BCUT2D eigenvalue weighted by Gasteiger charge is -2.24. The number of carbonyl (C=O) groups excluding carboxylic acids is 1. The number of para-hydroxylation sites is 1. The molecule has 1 amide bonds. The summed E-state index contributed by atoms with van der Waals surface area (Å²) in [6.45, 7) is 0. The van der Waals surface area contributed by atoms with E-state index in [1.54, 1.807) is 0 Å². The van der Waals surface area contributed by atoms with Crippen LogP contribution in [0.1, 0.15) is 32.1 Å². The fourth-order valence-electron chi connectivity index (χ4n) is 2.84. The Bertz CT molecular complexity index is 496. The summed E-state index contributed by atoms with van der Waals surface area (Å²) in [6, 6.07) is 5.50. The minimum atomic E-state index is -0.332. The van der Waals surface area contributed by atoms with Gasteiger partial charge in [-0.05, 0) is 25.0 Å². The molecule has 1 aromatic rings. The zero-order chi connectivity index (χ0) is 14.8. The SMILES string of the molecule is CN(C)c1c(Cl)cccc1NC(=O)CC1(N)CCCC1. The largest absolute Gasteiger partial charge is 0.375 e. The smallest absolute Gasteiger partial charge is 0.226 e. The van der Waals surface area contributed by atoms with Crippen LogP contribution >= 0.6 is 11.6 Å². The van der Waals surface area contributed by atoms with Crippen molar-refractivity contribution in [3.8, 4) is 0 Å². The van der Waals surface area contributed by atoms with Gasteiger partial charge in [-0.1, -0.05) is 30.5 Å². The van der Waals surface area contributed by atoms with E-state index >= 15 is 0 Å². The summed E-state index contributed by atoms with van der Waals surface area (Å²) < 4.78 is 0. The van der Waals surface area contributed by atoms with Crippen molar-refractivity contribution in [2.45, 2.75) is 37.6 Å². The maximum absolute atomic E-state index is 12.2. The van der Waals surface area contributed by atoms with Gasteiger partial charge in [0.1, 0.15) is 0 Å². The van der Waals surface area contributed by atoms with Crippen molar-refractivity contribution >= 4 is 28.9 Å². The van der Waals surface area contributed by atoms with Crippen molar-refractivity contribution in [3.05, 3.63) is 23.2 Å². The van der Waals surface area contributed by atoms with Crippen LogP contribution < -0.4 is 16.0 Å². The summed E-state index contributed by atoms with van der Waals surface area (Å²) in [5.41, 5.74) is 7.46. The molecule has 1 saturated carbocycles. The van der Waals surface area contributed by atoms with Gasteiger partial charge in [-0.25, -0.2) is 0 Å². The molecule has 5 heteroatoms. The fraction of sp³-hybridized carbons (Fsp3) is 0.533. The first-order valence-corrected chi connectivity index (χ1v) is 7.34. The van der Waals surface area contributed by atoms with Gasteiger partial charge >= 0.3 is 0 Å². The number of rotatable bonds is 4. The summed E-state index contributed by atoms with van der Waals surface area (Å²) in [4.78, 5) is 14.1. The average Bonchev–Trinajstić information content (AvgIpc) is 2.74. The van der Waals surface area contributed by atoms with Crippen molar-refractivity contribution in [2.24, 2.45) is 5.73 Å². The summed E-state index contributed by atoms with van der Waals surface area (Å²) in [5.74, 6) is -0.0419. The zero-order valence-electron chi connectivity index (χ0n) is 12.1. The highest BCUT2D eigenvalue weighted by molar-refractivity contribution is 6.34. The van der Waals surface area contributed by atoms with Crippen LogP contribution in [0, 0.1) is 0 Å². The highest BCUT2D eigenvalue weighted by Crippen LogP contribution is 2.34. The molecular weight excluding hydrogens is 274 g/mol. The molecule has 0 saturated heterocycles. The third kappa shape index (κ3) is 3.44. The van der Waals surface area contributed by atoms with E-state index in [0.717, 1.165) is 37.1 Å². The minimum absolute atomic E-state index is 0.0419. The van der Waals surface area contributed by atoms with Gasteiger partial charge in [-0.15, -0.1) is 0 Å². The minimum Gasteiger partial charge on any atom is -0.375 e. The van der Waals surface area contributed by atoms with Gasteiger partial charge in [-0.3, -0.25) is 4.79 Å². The second kappa shape index (κ2) is 6.02. The number of amides is 1. The molecule has 0 aliphatic heterocycles. The molecule has 1 aliphatic carbocycles. The molecule has 3 N–H and O–H groups in total. The first-order chi connectivity index (χ1) is 9.41. The van der Waals surface area contributed by atoms with Gasteiger partial charge in [0.25, 0.3) is 0 Å². The van der Waals surface area contributed by atoms with E-state index in [9.17, 15) is 4.79 Å². The second-order valence-electron chi connectivity index (χ2n) is 5.82. The Labute approximate surface area is 125 Å². The topological polar surface area (TPSA) is 58.4 Å². The van der Waals surface area contributed by atoms with E-state index < -0.39 is 0 Å². The van der Waals surface area contributed by atoms with Gasteiger partial charge in [-0.2, -0.15) is 0 Å². The standard InChI is InChI=1S/C15H22ClN3O/c1-19(2)14-11(16)6-5-7-12(14)18-13(20)10-15(17)8-3-4-9-15/h5-7H,3-4,8-10,17H2,1-2H3,(H,18,20). The van der Waals surface area contributed by atoms with E-state index in [0.29, 0.717) is 11.4 Å². The van der Waals surface area contributed by atoms with Crippen LogP contribution in [0.15, 0.2) is 18.2 Å². The molecule has 0 unspecified atom stereocenters. The Hall–Kier alpha value is -1.26. The second-order valence-corrected chi connectivity index (χ2v) is 6.23. The van der Waals surface area contributed by atoms with E-state index in [-0.39, 0.29) is 11.4 Å². The van der Waals surface area contributed by atoms with Crippen molar-refractivity contribution < 1.29 is 4.79 Å². The first kappa shape index (κ1) is 15.1. The van der Waals surface area contributed by atoms with Crippen LogP contribution in [0.25, 0.3) is 0 Å². The van der Waals surface area contributed by atoms with Gasteiger partial charge in [0, 0.05) is 26.1 Å². The highest BCUT2D eigenvalue weighted by Gasteiger charge is 2.31. The van der Waals surface area contributed by atoms with Gasteiger partial charge < -0.3 is 16.0 Å². The quantitative estimate of drug-likeness (QED) is 0.898. The van der Waals surface area contributed by atoms with Crippen LogP contribution in [0.2, 0.25) is 5.02 Å². The first-order valence-electron chi connectivity index (χ1n) is 6.96. The Morgan fingerprint density at radius 1 is 1.40 bits per heavy atom. The Kier molecular flexibility index (Phi) is 4.55.